The van der Waals surface area contributed by atoms with Gasteiger partial charge in [0, 0.05) is 32.8 Å². The van der Waals surface area contributed by atoms with Gasteiger partial charge in [0.15, 0.2) is 0 Å². The van der Waals surface area contributed by atoms with E-state index in [-0.39, 0.29) is 6.61 Å². The molecule has 3 N–H and O–H groups in total. The van der Waals surface area contributed by atoms with E-state index in [1.54, 1.807) is 7.11 Å². The summed E-state index contributed by atoms with van der Waals surface area (Å²) in [5.74, 6) is 0.605. The average Bonchev–Trinajstić information content (AvgIpc) is 2.61. The maximum absolute atomic E-state index is 8.96. The molecule has 4 heteroatoms. The summed E-state index contributed by atoms with van der Waals surface area (Å²) in [7, 11) is 1.71. The van der Waals surface area contributed by atoms with E-state index in [9.17, 15) is 0 Å². The van der Waals surface area contributed by atoms with Crippen LogP contribution in [0, 0.1) is 5.92 Å². The molecule has 1 aliphatic rings. The Morgan fingerprint density at radius 1 is 1.40 bits per heavy atom. The molecule has 2 unspecified atom stereocenters. The lowest BCUT2D eigenvalue weighted by Gasteiger charge is -2.26. The molecule has 4 nitrogen and oxygen atoms in total. The van der Waals surface area contributed by atoms with Crippen LogP contribution < -0.4 is 5.73 Å². The fraction of sp³-hybridized carbons (Fsp3) is 1.00. The van der Waals surface area contributed by atoms with Crippen molar-refractivity contribution in [2.75, 3.05) is 40.0 Å². The predicted molar refractivity (Wildman–Crippen MR) is 60.7 cm³/mol. The van der Waals surface area contributed by atoms with Gasteiger partial charge in [0.2, 0.25) is 0 Å². The second-order valence-corrected chi connectivity index (χ2v) is 4.37. The number of hydrogen-bond donors (Lipinski definition) is 2. The third kappa shape index (κ3) is 4.47. The number of methoxy groups -OCH3 is 1. The summed E-state index contributed by atoms with van der Waals surface area (Å²) in [6.07, 6.45) is 3.64. The van der Waals surface area contributed by atoms with Crippen molar-refractivity contribution in [1.82, 2.24) is 4.90 Å². The van der Waals surface area contributed by atoms with Gasteiger partial charge in [-0.15, -0.1) is 0 Å². The summed E-state index contributed by atoms with van der Waals surface area (Å²) in [6.45, 7) is 3.56. The van der Waals surface area contributed by atoms with Crippen molar-refractivity contribution in [3.8, 4) is 0 Å². The molecule has 0 bridgehead atoms. The molecule has 1 fully saturated rings. The number of hydrogen-bond acceptors (Lipinski definition) is 4. The van der Waals surface area contributed by atoms with Crippen LogP contribution in [0.25, 0.3) is 0 Å². The highest BCUT2D eigenvalue weighted by Gasteiger charge is 2.25. The Balaban J connectivity index is 2.28. The summed E-state index contributed by atoms with van der Waals surface area (Å²) in [5, 5.41) is 8.96. The van der Waals surface area contributed by atoms with Gasteiger partial charge in [-0.1, -0.05) is 6.42 Å². The van der Waals surface area contributed by atoms with E-state index in [4.69, 9.17) is 15.6 Å². The molecule has 0 radical (unpaired) electrons. The Labute approximate surface area is 92.4 Å². The molecule has 1 rings (SSSR count). The molecule has 0 aromatic rings. The van der Waals surface area contributed by atoms with Gasteiger partial charge >= 0.3 is 0 Å². The van der Waals surface area contributed by atoms with Crippen LogP contribution in [0.1, 0.15) is 19.3 Å². The highest BCUT2D eigenvalue weighted by molar-refractivity contribution is 4.82. The zero-order valence-electron chi connectivity index (χ0n) is 9.69. The topological polar surface area (TPSA) is 58.7 Å². The normalized spacial score (nSPS) is 26.4. The summed E-state index contributed by atoms with van der Waals surface area (Å²) in [5.41, 5.74) is 6.03. The molecule has 0 amide bonds. The van der Waals surface area contributed by atoms with Crippen molar-refractivity contribution in [2.45, 2.75) is 25.3 Å². The van der Waals surface area contributed by atoms with Crippen molar-refractivity contribution in [2.24, 2.45) is 11.7 Å². The molecule has 0 aliphatic heterocycles. The van der Waals surface area contributed by atoms with Gasteiger partial charge in [-0.05, 0) is 18.8 Å². The van der Waals surface area contributed by atoms with Crippen LogP contribution in [0.4, 0.5) is 0 Å². The van der Waals surface area contributed by atoms with E-state index in [0.29, 0.717) is 12.0 Å². The third-order valence-electron chi connectivity index (χ3n) is 3.24. The number of nitrogens with zero attached hydrogens (tertiary/aromatic N) is 1. The Morgan fingerprint density at radius 3 is 2.73 bits per heavy atom. The molecule has 1 saturated carbocycles. The van der Waals surface area contributed by atoms with E-state index in [1.807, 2.05) is 0 Å². The van der Waals surface area contributed by atoms with Crippen LogP contribution in [0.5, 0.6) is 0 Å². The van der Waals surface area contributed by atoms with Crippen molar-refractivity contribution in [3.05, 3.63) is 0 Å². The molecule has 0 heterocycles. The molecule has 0 saturated heterocycles. The van der Waals surface area contributed by atoms with Crippen LogP contribution >= 0.6 is 0 Å². The first-order valence-electron chi connectivity index (χ1n) is 5.85. The van der Waals surface area contributed by atoms with Crippen molar-refractivity contribution >= 4 is 0 Å². The predicted octanol–water partition coefficient (Wildman–Crippen LogP) is 0.0545. The zero-order chi connectivity index (χ0) is 11.1. The van der Waals surface area contributed by atoms with Gasteiger partial charge in [0.25, 0.3) is 0 Å². The second-order valence-electron chi connectivity index (χ2n) is 4.37. The van der Waals surface area contributed by atoms with Gasteiger partial charge in [0.1, 0.15) is 0 Å². The molecular weight excluding hydrogens is 192 g/mol. The molecule has 90 valence electrons. The van der Waals surface area contributed by atoms with E-state index < -0.39 is 0 Å². The van der Waals surface area contributed by atoms with Gasteiger partial charge in [-0.3, -0.25) is 4.90 Å². The van der Waals surface area contributed by atoms with E-state index in [0.717, 1.165) is 32.7 Å². The molecule has 2 atom stereocenters. The lowest BCUT2D eigenvalue weighted by molar-refractivity contribution is 0.118. The van der Waals surface area contributed by atoms with Crippen LogP contribution in [-0.2, 0) is 4.74 Å². The summed E-state index contributed by atoms with van der Waals surface area (Å²) in [6, 6.07) is 0.355. The minimum atomic E-state index is 0.214. The summed E-state index contributed by atoms with van der Waals surface area (Å²) < 4.78 is 5.06. The molecular formula is C11H24N2O2. The first-order chi connectivity index (χ1) is 7.27. The maximum atomic E-state index is 8.96. The van der Waals surface area contributed by atoms with Crippen molar-refractivity contribution < 1.29 is 9.84 Å². The number of aliphatic hydroxyl groups is 1. The van der Waals surface area contributed by atoms with Crippen molar-refractivity contribution in [3.63, 3.8) is 0 Å². The standard InChI is InChI=1S/C11H24N2O2/c1-15-8-6-13(5-7-14)9-10-3-2-4-11(10)12/h10-11,14H,2-9,12H2,1H3. The minimum Gasteiger partial charge on any atom is -0.395 e. The largest absolute Gasteiger partial charge is 0.395 e. The molecule has 15 heavy (non-hydrogen) atoms. The quantitative estimate of drug-likeness (QED) is 0.631. The average molecular weight is 216 g/mol. The van der Waals surface area contributed by atoms with E-state index in [2.05, 4.69) is 4.90 Å². The van der Waals surface area contributed by atoms with E-state index >= 15 is 0 Å². The van der Waals surface area contributed by atoms with E-state index in [1.165, 1.54) is 12.8 Å². The molecule has 0 aromatic carbocycles. The first-order valence-corrected chi connectivity index (χ1v) is 5.85. The van der Waals surface area contributed by atoms with Gasteiger partial charge in [-0.25, -0.2) is 0 Å². The molecule has 0 aromatic heterocycles. The van der Waals surface area contributed by atoms with Gasteiger partial charge in [0.05, 0.1) is 13.2 Å². The van der Waals surface area contributed by atoms with Crippen molar-refractivity contribution in [1.29, 1.82) is 0 Å². The zero-order valence-corrected chi connectivity index (χ0v) is 9.69. The SMILES string of the molecule is COCCN(CCO)CC1CCCC1N. The van der Waals surface area contributed by atoms with Crippen LogP contribution in [0.2, 0.25) is 0 Å². The number of ether oxygens (including phenoxy) is 1. The lowest BCUT2D eigenvalue weighted by Crippen LogP contribution is -2.39. The fourth-order valence-electron chi connectivity index (χ4n) is 2.28. The van der Waals surface area contributed by atoms with Gasteiger partial charge in [-0.2, -0.15) is 0 Å². The second kappa shape index (κ2) is 7.17. The first kappa shape index (κ1) is 12.9. The molecule has 0 spiro atoms. The number of aliphatic hydroxyl groups excluding tert-OH is 1. The Hall–Kier alpha value is -0.160. The Kier molecular flexibility index (Phi) is 6.17. The number of rotatable bonds is 7. The lowest BCUT2D eigenvalue weighted by atomic mass is 10.0. The smallest absolute Gasteiger partial charge is 0.0589 e. The Bertz CT molecular complexity index is 167. The summed E-state index contributed by atoms with van der Waals surface area (Å²) >= 11 is 0. The summed E-state index contributed by atoms with van der Waals surface area (Å²) in [4.78, 5) is 2.25. The molecule has 1 aliphatic carbocycles. The fourth-order valence-corrected chi connectivity index (χ4v) is 2.28. The van der Waals surface area contributed by atoms with Crippen LogP contribution in [-0.4, -0.2) is 56.0 Å². The number of nitrogens with two attached hydrogens (primary N) is 1. The maximum Gasteiger partial charge on any atom is 0.0589 e. The monoisotopic (exact) mass is 216 g/mol. The van der Waals surface area contributed by atoms with Crippen LogP contribution in [0.15, 0.2) is 0 Å². The van der Waals surface area contributed by atoms with Crippen LogP contribution in [0.3, 0.4) is 0 Å². The van der Waals surface area contributed by atoms with Gasteiger partial charge < -0.3 is 15.6 Å². The highest BCUT2D eigenvalue weighted by atomic mass is 16.5. The minimum absolute atomic E-state index is 0.214. The third-order valence-corrected chi connectivity index (χ3v) is 3.24. The highest BCUT2D eigenvalue weighted by Crippen LogP contribution is 2.24. The Morgan fingerprint density at radius 2 is 2.20 bits per heavy atom.